The van der Waals surface area contributed by atoms with Crippen molar-refractivity contribution in [2.45, 2.75) is 19.4 Å². The zero-order valence-corrected chi connectivity index (χ0v) is 5.93. The van der Waals surface area contributed by atoms with E-state index in [2.05, 4.69) is 14.0 Å². The van der Waals surface area contributed by atoms with Crippen molar-refractivity contribution in [3.05, 3.63) is 7.05 Å². The zero-order chi connectivity index (χ0) is 6.85. The highest BCUT2D eigenvalue weighted by molar-refractivity contribution is 4.66. The Morgan fingerprint density at radius 1 is 1.78 bits per heavy atom. The highest BCUT2D eigenvalue weighted by Crippen LogP contribution is 2.07. The molecule has 1 fully saturated rings. The molecule has 2 N–H and O–H groups in total. The predicted molar refractivity (Wildman–Crippen MR) is 35.8 cm³/mol. The summed E-state index contributed by atoms with van der Waals surface area (Å²) >= 11 is 0. The van der Waals surface area contributed by atoms with Crippen LogP contribution in [0.25, 0.3) is 0 Å². The number of likely N-dealkylation sites (tertiary alicyclic amines) is 1. The van der Waals surface area contributed by atoms with Crippen LogP contribution in [-0.4, -0.2) is 24.3 Å². The smallest absolute Gasteiger partial charge is 0.0612 e. The van der Waals surface area contributed by atoms with Gasteiger partial charge in [-0.2, -0.15) is 7.05 Å². The molecular weight excluding hydrogens is 114 g/mol. The zero-order valence-electron chi connectivity index (χ0n) is 5.93. The summed E-state index contributed by atoms with van der Waals surface area (Å²) in [6.45, 7) is 3.55. The fraction of sp³-hybridized carbons (Fsp3) is 0.857. The first-order valence-electron chi connectivity index (χ1n) is 3.52. The van der Waals surface area contributed by atoms with Gasteiger partial charge in [0.15, 0.2) is 0 Å². The Labute approximate surface area is 56.5 Å². The minimum absolute atomic E-state index is 0.337. The van der Waals surface area contributed by atoms with Crippen LogP contribution in [0.1, 0.15) is 13.3 Å². The molecule has 1 saturated heterocycles. The summed E-state index contributed by atoms with van der Waals surface area (Å²) in [5.41, 5.74) is 0. The topological polar surface area (TPSA) is 24.7 Å². The van der Waals surface area contributed by atoms with E-state index < -0.39 is 0 Å². The standard InChI is InChI=1S/C7H15NO/c1-6-3-7(5-9)4-8(6)2/h6-9H,2-5H2,1H3. The van der Waals surface area contributed by atoms with E-state index in [1.165, 1.54) is 4.90 Å². The summed E-state index contributed by atoms with van der Waals surface area (Å²) in [7, 11) is 3.92. The van der Waals surface area contributed by atoms with Gasteiger partial charge in [-0.1, -0.05) is 0 Å². The van der Waals surface area contributed by atoms with E-state index in [9.17, 15) is 0 Å². The maximum atomic E-state index is 8.76. The molecule has 1 aliphatic heterocycles. The Hall–Kier alpha value is -0.0800. The Bertz CT molecular complexity index is 84.9. The number of aliphatic hydroxyl groups is 1. The second kappa shape index (κ2) is 2.67. The Balaban J connectivity index is 2.35. The van der Waals surface area contributed by atoms with Crippen molar-refractivity contribution >= 4 is 0 Å². The molecule has 3 unspecified atom stereocenters. The monoisotopic (exact) mass is 129 g/mol. The first-order valence-corrected chi connectivity index (χ1v) is 3.52. The van der Waals surface area contributed by atoms with Crippen LogP contribution in [0.4, 0.5) is 0 Å². The number of aliphatic hydroxyl groups excluding tert-OH is 1. The normalized spacial score (nSPS) is 43.7. The van der Waals surface area contributed by atoms with Gasteiger partial charge in [-0.15, -0.1) is 0 Å². The highest BCUT2D eigenvalue weighted by Gasteiger charge is 2.25. The van der Waals surface area contributed by atoms with Crippen LogP contribution in [0, 0.1) is 13.0 Å². The molecule has 2 nitrogen and oxygen atoms in total. The molecule has 0 amide bonds. The van der Waals surface area contributed by atoms with Crippen molar-refractivity contribution in [3.8, 4) is 0 Å². The van der Waals surface area contributed by atoms with Gasteiger partial charge < -0.3 is 10.0 Å². The lowest BCUT2D eigenvalue weighted by atomic mass is 10.1. The Morgan fingerprint density at radius 3 is 2.67 bits per heavy atom. The van der Waals surface area contributed by atoms with Crippen molar-refractivity contribution in [3.63, 3.8) is 0 Å². The maximum absolute atomic E-state index is 8.76. The molecule has 54 valence electrons. The quantitative estimate of drug-likeness (QED) is 0.439. The van der Waals surface area contributed by atoms with Gasteiger partial charge in [-0.05, 0) is 6.92 Å². The van der Waals surface area contributed by atoms with E-state index in [1.807, 2.05) is 0 Å². The van der Waals surface area contributed by atoms with Crippen molar-refractivity contribution in [2.24, 2.45) is 5.92 Å². The van der Waals surface area contributed by atoms with Crippen molar-refractivity contribution in [1.82, 2.24) is 0 Å². The Morgan fingerprint density at radius 2 is 2.44 bits per heavy atom. The number of rotatable bonds is 1. The average Bonchev–Trinajstić information content (AvgIpc) is 2.13. The maximum Gasteiger partial charge on any atom is 0.0612 e. The van der Waals surface area contributed by atoms with Crippen molar-refractivity contribution in [2.75, 3.05) is 13.2 Å². The molecule has 0 spiro atoms. The van der Waals surface area contributed by atoms with Crippen molar-refractivity contribution in [1.29, 1.82) is 0 Å². The number of hydrogen-bond donors (Lipinski definition) is 2. The van der Waals surface area contributed by atoms with E-state index in [4.69, 9.17) is 5.11 Å². The molecule has 1 aliphatic rings. The second-order valence-corrected chi connectivity index (χ2v) is 3.05. The van der Waals surface area contributed by atoms with Gasteiger partial charge in [-0.25, -0.2) is 0 Å². The van der Waals surface area contributed by atoms with E-state index in [1.54, 1.807) is 0 Å². The van der Waals surface area contributed by atoms with Gasteiger partial charge in [-0.3, -0.25) is 0 Å². The van der Waals surface area contributed by atoms with Crippen LogP contribution in [0.15, 0.2) is 0 Å². The molecule has 0 aliphatic carbocycles. The molecule has 1 heterocycles. The predicted octanol–water partition coefficient (Wildman–Crippen LogP) is -0.936. The minimum Gasteiger partial charge on any atom is -0.465 e. The molecule has 0 aromatic rings. The summed E-state index contributed by atoms with van der Waals surface area (Å²) in [5, 5.41) is 8.76. The van der Waals surface area contributed by atoms with Gasteiger partial charge in [0.05, 0.1) is 19.2 Å². The Kier molecular flexibility index (Phi) is 2.09. The van der Waals surface area contributed by atoms with E-state index in [0.717, 1.165) is 13.0 Å². The summed E-state index contributed by atoms with van der Waals surface area (Å²) in [6.07, 6.45) is 1.13. The molecule has 0 aromatic carbocycles. The largest absolute Gasteiger partial charge is 0.465 e. The summed E-state index contributed by atoms with van der Waals surface area (Å²) in [6, 6.07) is 0.641. The van der Waals surface area contributed by atoms with Crippen LogP contribution in [-0.2, 0) is 0 Å². The van der Waals surface area contributed by atoms with Gasteiger partial charge in [0.2, 0.25) is 0 Å². The van der Waals surface area contributed by atoms with Crippen LogP contribution in [0.3, 0.4) is 0 Å². The van der Waals surface area contributed by atoms with Crippen LogP contribution >= 0.6 is 0 Å². The van der Waals surface area contributed by atoms with Gasteiger partial charge in [0, 0.05) is 12.3 Å². The minimum atomic E-state index is 0.337. The van der Waals surface area contributed by atoms with E-state index >= 15 is 0 Å². The summed E-state index contributed by atoms with van der Waals surface area (Å²) in [4.78, 5) is 1.31. The molecule has 9 heavy (non-hydrogen) atoms. The van der Waals surface area contributed by atoms with E-state index in [0.29, 0.717) is 18.6 Å². The third kappa shape index (κ3) is 1.43. The number of hydrogen-bond acceptors (Lipinski definition) is 1. The fourth-order valence-electron chi connectivity index (χ4n) is 1.46. The van der Waals surface area contributed by atoms with Gasteiger partial charge in [0.1, 0.15) is 0 Å². The lowest BCUT2D eigenvalue weighted by Crippen LogP contribution is -3.08. The SMILES string of the molecule is [CH2-][NH+]1CC(CO)CC1C. The average molecular weight is 129 g/mol. The molecule has 3 atom stereocenters. The van der Waals surface area contributed by atoms with Crippen LogP contribution < -0.4 is 4.90 Å². The first kappa shape index (κ1) is 7.03. The van der Waals surface area contributed by atoms with Crippen LogP contribution in [0.5, 0.6) is 0 Å². The third-order valence-corrected chi connectivity index (χ3v) is 2.19. The summed E-state index contributed by atoms with van der Waals surface area (Å²) < 4.78 is 0. The van der Waals surface area contributed by atoms with Gasteiger partial charge in [0.25, 0.3) is 0 Å². The second-order valence-electron chi connectivity index (χ2n) is 3.05. The molecule has 0 radical (unpaired) electrons. The van der Waals surface area contributed by atoms with E-state index in [-0.39, 0.29) is 0 Å². The first-order chi connectivity index (χ1) is 4.24. The summed E-state index contributed by atoms with van der Waals surface area (Å²) in [5.74, 6) is 0.507. The molecule has 1 rings (SSSR count). The molecule has 0 bridgehead atoms. The molecule has 2 heteroatoms. The lowest BCUT2D eigenvalue weighted by molar-refractivity contribution is -0.865. The fourth-order valence-corrected chi connectivity index (χ4v) is 1.46. The molecular formula is C7H15NO. The molecule has 0 saturated carbocycles. The third-order valence-electron chi connectivity index (χ3n) is 2.19. The molecule has 0 aromatic heterocycles. The van der Waals surface area contributed by atoms with Crippen molar-refractivity contribution < 1.29 is 10.0 Å². The number of nitrogens with one attached hydrogen (secondary N) is 1. The van der Waals surface area contributed by atoms with Crippen LogP contribution in [0.2, 0.25) is 0 Å². The lowest BCUT2D eigenvalue weighted by Gasteiger charge is -2.18. The van der Waals surface area contributed by atoms with Gasteiger partial charge >= 0.3 is 0 Å². The highest BCUT2D eigenvalue weighted by atomic mass is 16.3. The number of quaternary nitrogens is 1.